The summed E-state index contributed by atoms with van der Waals surface area (Å²) in [6.07, 6.45) is 9.15. The largest absolute Gasteiger partial charge is 0.390 e. The maximum atomic E-state index is 12.6. The fraction of sp³-hybridized carbons (Fsp3) is 0.941. The van der Waals surface area contributed by atoms with Gasteiger partial charge in [0.2, 0.25) is 5.91 Å². The number of hydrogen-bond acceptors (Lipinski definition) is 4. The number of ether oxygens (including phenoxy) is 2. The molecule has 0 radical (unpaired) electrons. The molecule has 1 aliphatic carbocycles. The fourth-order valence-corrected chi connectivity index (χ4v) is 4.18. The SMILES string of the molecule is O=C(CC1OCCO1)N1CCCCC1CC1(O)CCCCC1. The van der Waals surface area contributed by atoms with Crippen molar-refractivity contribution in [3.05, 3.63) is 0 Å². The van der Waals surface area contributed by atoms with Crippen molar-refractivity contribution in [1.29, 1.82) is 0 Å². The Balaban J connectivity index is 1.58. The van der Waals surface area contributed by atoms with Crippen molar-refractivity contribution in [2.45, 2.75) is 82.1 Å². The maximum Gasteiger partial charge on any atom is 0.227 e. The highest BCUT2D eigenvalue weighted by molar-refractivity contribution is 5.77. The first-order valence-electron chi connectivity index (χ1n) is 8.91. The van der Waals surface area contributed by atoms with E-state index in [0.717, 1.165) is 57.9 Å². The molecule has 126 valence electrons. The first-order valence-corrected chi connectivity index (χ1v) is 8.91. The average Bonchev–Trinajstić information content (AvgIpc) is 3.01. The lowest BCUT2D eigenvalue weighted by molar-refractivity contribution is -0.145. The van der Waals surface area contributed by atoms with Crippen LogP contribution >= 0.6 is 0 Å². The molecule has 0 aromatic rings. The average molecular weight is 311 g/mol. The molecule has 0 spiro atoms. The summed E-state index contributed by atoms with van der Waals surface area (Å²) in [7, 11) is 0. The van der Waals surface area contributed by atoms with Crippen LogP contribution in [0.25, 0.3) is 0 Å². The molecule has 2 saturated heterocycles. The van der Waals surface area contributed by atoms with Crippen molar-refractivity contribution >= 4 is 5.91 Å². The number of aliphatic hydroxyl groups is 1. The van der Waals surface area contributed by atoms with Gasteiger partial charge in [0.25, 0.3) is 0 Å². The second-order valence-electron chi connectivity index (χ2n) is 7.10. The highest BCUT2D eigenvalue weighted by atomic mass is 16.7. The number of carbonyl (C=O) groups excluding carboxylic acids is 1. The normalized spacial score (nSPS) is 29.7. The van der Waals surface area contributed by atoms with Crippen molar-refractivity contribution in [3.63, 3.8) is 0 Å². The molecular weight excluding hydrogens is 282 g/mol. The van der Waals surface area contributed by atoms with E-state index in [1.54, 1.807) is 0 Å². The van der Waals surface area contributed by atoms with Crippen LogP contribution in [0.1, 0.15) is 64.2 Å². The Morgan fingerprint density at radius 2 is 1.82 bits per heavy atom. The molecule has 1 unspecified atom stereocenters. The summed E-state index contributed by atoms with van der Waals surface area (Å²) in [5, 5.41) is 10.8. The van der Waals surface area contributed by atoms with E-state index >= 15 is 0 Å². The van der Waals surface area contributed by atoms with Crippen LogP contribution < -0.4 is 0 Å². The second-order valence-corrected chi connectivity index (χ2v) is 7.10. The number of nitrogens with zero attached hydrogens (tertiary/aromatic N) is 1. The number of likely N-dealkylation sites (tertiary alicyclic amines) is 1. The highest BCUT2D eigenvalue weighted by Crippen LogP contribution is 2.35. The van der Waals surface area contributed by atoms with Crippen LogP contribution in [0.15, 0.2) is 0 Å². The van der Waals surface area contributed by atoms with Gasteiger partial charge in [-0.15, -0.1) is 0 Å². The van der Waals surface area contributed by atoms with Gasteiger partial charge in [0.05, 0.1) is 25.2 Å². The molecule has 1 atom stereocenters. The third kappa shape index (κ3) is 4.00. The van der Waals surface area contributed by atoms with Gasteiger partial charge in [-0.05, 0) is 38.5 Å². The van der Waals surface area contributed by atoms with Gasteiger partial charge >= 0.3 is 0 Å². The van der Waals surface area contributed by atoms with Gasteiger partial charge in [-0.2, -0.15) is 0 Å². The lowest BCUT2D eigenvalue weighted by Crippen LogP contribution is -2.49. The van der Waals surface area contributed by atoms with E-state index in [4.69, 9.17) is 9.47 Å². The fourth-order valence-electron chi connectivity index (χ4n) is 4.18. The summed E-state index contributed by atoms with van der Waals surface area (Å²) < 4.78 is 10.8. The van der Waals surface area contributed by atoms with Gasteiger partial charge in [-0.25, -0.2) is 0 Å². The van der Waals surface area contributed by atoms with Crippen LogP contribution in [-0.4, -0.2) is 53.6 Å². The van der Waals surface area contributed by atoms with E-state index in [2.05, 4.69) is 0 Å². The molecule has 1 N–H and O–H groups in total. The Morgan fingerprint density at radius 3 is 2.55 bits per heavy atom. The third-order valence-electron chi connectivity index (χ3n) is 5.38. The van der Waals surface area contributed by atoms with E-state index < -0.39 is 5.60 Å². The van der Waals surface area contributed by atoms with Gasteiger partial charge in [-0.3, -0.25) is 4.79 Å². The molecule has 2 aliphatic heterocycles. The first kappa shape index (κ1) is 16.2. The Bertz CT molecular complexity index is 375. The number of hydrogen-bond donors (Lipinski definition) is 1. The van der Waals surface area contributed by atoms with Crippen LogP contribution in [0, 0.1) is 0 Å². The van der Waals surface area contributed by atoms with E-state index in [1.807, 2.05) is 4.90 Å². The number of piperidine rings is 1. The molecule has 1 amide bonds. The molecule has 1 saturated carbocycles. The second kappa shape index (κ2) is 7.28. The quantitative estimate of drug-likeness (QED) is 0.865. The zero-order valence-corrected chi connectivity index (χ0v) is 13.5. The molecule has 5 nitrogen and oxygen atoms in total. The van der Waals surface area contributed by atoms with E-state index in [1.165, 1.54) is 6.42 Å². The van der Waals surface area contributed by atoms with E-state index in [-0.39, 0.29) is 18.2 Å². The Labute approximate surface area is 133 Å². The highest BCUT2D eigenvalue weighted by Gasteiger charge is 2.37. The van der Waals surface area contributed by atoms with Crippen LogP contribution in [0.4, 0.5) is 0 Å². The monoisotopic (exact) mass is 311 g/mol. The molecule has 2 heterocycles. The molecule has 3 fully saturated rings. The molecular formula is C17H29NO4. The summed E-state index contributed by atoms with van der Waals surface area (Å²) >= 11 is 0. The van der Waals surface area contributed by atoms with Gasteiger partial charge in [0.15, 0.2) is 6.29 Å². The van der Waals surface area contributed by atoms with Gasteiger partial charge in [0, 0.05) is 12.6 Å². The molecule has 3 rings (SSSR count). The maximum absolute atomic E-state index is 12.6. The number of rotatable bonds is 4. The van der Waals surface area contributed by atoms with Crippen LogP contribution in [0.3, 0.4) is 0 Å². The Kier molecular flexibility index (Phi) is 5.37. The van der Waals surface area contributed by atoms with Gasteiger partial charge in [-0.1, -0.05) is 19.3 Å². The summed E-state index contributed by atoms with van der Waals surface area (Å²) in [5.74, 6) is 0.121. The smallest absolute Gasteiger partial charge is 0.227 e. The zero-order chi connectivity index (χ0) is 15.4. The topological polar surface area (TPSA) is 59.0 Å². The van der Waals surface area contributed by atoms with Crippen LogP contribution in [0.2, 0.25) is 0 Å². The van der Waals surface area contributed by atoms with Crippen molar-refractivity contribution < 1.29 is 19.4 Å². The summed E-state index contributed by atoms with van der Waals surface area (Å²) in [6, 6.07) is 0.186. The lowest BCUT2D eigenvalue weighted by Gasteiger charge is -2.42. The summed E-state index contributed by atoms with van der Waals surface area (Å²) in [6.45, 7) is 1.98. The minimum absolute atomic E-state index is 0.121. The Hall–Kier alpha value is -0.650. The first-order chi connectivity index (χ1) is 10.7. The standard InChI is InChI=1S/C17H29NO4/c19-15(12-16-21-10-11-22-16)18-9-5-2-6-14(18)13-17(20)7-3-1-4-8-17/h14,16,20H,1-13H2. The van der Waals surface area contributed by atoms with Crippen molar-refractivity contribution in [1.82, 2.24) is 4.90 Å². The van der Waals surface area contributed by atoms with Crippen molar-refractivity contribution in [2.24, 2.45) is 0 Å². The minimum atomic E-state index is -0.556. The molecule has 3 aliphatic rings. The number of amides is 1. The van der Waals surface area contributed by atoms with Gasteiger partial charge < -0.3 is 19.5 Å². The summed E-state index contributed by atoms with van der Waals surface area (Å²) in [4.78, 5) is 14.6. The zero-order valence-electron chi connectivity index (χ0n) is 13.5. The Morgan fingerprint density at radius 1 is 1.09 bits per heavy atom. The molecule has 0 aromatic heterocycles. The predicted molar refractivity (Wildman–Crippen MR) is 82.3 cm³/mol. The minimum Gasteiger partial charge on any atom is -0.390 e. The lowest BCUT2D eigenvalue weighted by atomic mass is 9.78. The molecule has 0 bridgehead atoms. The van der Waals surface area contributed by atoms with Crippen LogP contribution in [-0.2, 0) is 14.3 Å². The number of carbonyl (C=O) groups is 1. The molecule has 5 heteroatoms. The van der Waals surface area contributed by atoms with Crippen LogP contribution in [0.5, 0.6) is 0 Å². The van der Waals surface area contributed by atoms with E-state index in [0.29, 0.717) is 19.6 Å². The third-order valence-corrected chi connectivity index (χ3v) is 5.38. The van der Waals surface area contributed by atoms with E-state index in [9.17, 15) is 9.90 Å². The predicted octanol–water partition coefficient (Wildman–Crippen LogP) is 2.22. The van der Waals surface area contributed by atoms with Crippen molar-refractivity contribution in [3.8, 4) is 0 Å². The molecule has 0 aromatic carbocycles. The van der Waals surface area contributed by atoms with Crippen molar-refractivity contribution in [2.75, 3.05) is 19.8 Å². The summed E-state index contributed by atoms with van der Waals surface area (Å²) in [5.41, 5.74) is -0.556. The van der Waals surface area contributed by atoms with Gasteiger partial charge in [0.1, 0.15) is 0 Å². The molecule has 22 heavy (non-hydrogen) atoms.